The first-order valence-electron chi connectivity index (χ1n) is 10.6. The SMILES string of the molecule is O=C(c1ccc(/C=N/Cc2ccccc2)cc1)N(Cc1ccccc1)N1CCOCC1. The number of benzene rings is 3. The third-order valence-corrected chi connectivity index (χ3v) is 5.25. The lowest BCUT2D eigenvalue weighted by atomic mass is 10.1. The van der Waals surface area contributed by atoms with E-state index in [0.717, 1.165) is 11.1 Å². The van der Waals surface area contributed by atoms with Crippen LogP contribution in [-0.4, -0.2) is 48.4 Å². The van der Waals surface area contributed by atoms with Gasteiger partial charge in [-0.3, -0.25) is 14.8 Å². The van der Waals surface area contributed by atoms with Gasteiger partial charge in [-0.25, -0.2) is 5.01 Å². The van der Waals surface area contributed by atoms with Gasteiger partial charge >= 0.3 is 0 Å². The Kier molecular flexibility index (Phi) is 7.21. The van der Waals surface area contributed by atoms with Crippen molar-refractivity contribution in [2.24, 2.45) is 4.99 Å². The molecule has 1 aliphatic heterocycles. The number of carbonyl (C=O) groups excluding carboxylic acids is 1. The number of nitrogens with zero attached hydrogens (tertiary/aromatic N) is 3. The molecular formula is C26H27N3O2. The van der Waals surface area contributed by atoms with E-state index in [4.69, 9.17) is 4.74 Å². The van der Waals surface area contributed by atoms with E-state index in [1.165, 1.54) is 5.56 Å². The predicted octanol–water partition coefficient (Wildman–Crippen LogP) is 4.20. The van der Waals surface area contributed by atoms with Crippen molar-refractivity contribution in [1.82, 2.24) is 10.0 Å². The van der Waals surface area contributed by atoms with Crippen molar-refractivity contribution in [2.45, 2.75) is 13.1 Å². The van der Waals surface area contributed by atoms with E-state index >= 15 is 0 Å². The summed E-state index contributed by atoms with van der Waals surface area (Å²) in [7, 11) is 0. The molecule has 1 saturated heterocycles. The summed E-state index contributed by atoms with van der Waals surface area (Å²) in [5, 5.41) is 3.93. The average Bonchev–Trinajstić information content (AvgIpc) is 2.84. The van der Waals surface area contributed by atoms with E-state index in [9.17, 15) is 4.79 Å². The van der Waals surface area contributed by atoms with Gasteiger partial charge in [-0.05, 0) is 28.8 Å². The molecule has 0 saturated carbocycles. The molecule has 0 aromatic heterocycles. The van der Waals surface area contributed by atoms with Crippen molar-refractivity contribution >= 4 is 12.1 Å². The lowest BCUT2D eigenvalue weighted by molar-refractivity contribution is -0.0739. The van der Waals surface area contributed by atoms with Crippen LogP contribution in [0.5, 0.6) is 0 Å². The van der Waals surface area contributed by atoms with E-state index in [-0.39, 0.29) is 5.91 Å². The fourth-order valence-electron chi connectivity index (χ4n) is 3.55. The first-order chi connectivity index (χ1) is 15.3. The normalized spacial score (nSPS) is 14.6. The number of ether oxygens (including phenoxy) is 1. The van der Waals surface area contributed by atoms with Gasteiger partial charge in [0.25, 0.3) is 5.91 Å². The molecule has 1 aliphatic rings. The van der Waals surface area contributed by atoms with Gasteiger partial charge in [-0.2, -0.15) is 0 Å². The summed E-state index contributed by atoms with van der Waals surface area (Å²) in [5.41, 5.74) is 3.93. The number of aliphatic imine (C=N–C) groups is 1. The minimum absolute atomic E-state index is 0.00136. The molecule has 158 valence electrons. The second-order valence-electron chi connectivity index (χ2n) is 7.49. The largest absolute Gasteiger partial charge is 0.379 e. The van der Waals surface area contributed by atoms with Crippen LogP contribution in [0.15, 0.2) is 89.9 Å². The van der Waals surface area contributed by atoms with E-state index < -0.39 is 0 Å². The minimum atomic E-state index is -0.00136. The number of hydrogen-bond donors (Lipinski definition) is 0. The smallest absolute Gasteiger partial charge is 0.268 e. The van der Waals surface area contributed by atoms with Crippen molar-refractivity contribution in [1.29, 1.82) is 0 Å². The van der Waals surface area contributed by atoms with Crippen LogP contribution in [0.25, 0.3) is 0 Å². The van der Waals surface area contributed by atoms with Gasteiger partial charge in [0.2, 0.25) is 0 Å². The quantitative estimate of drug-likeness (QED) is 0.546. The number of amides is 1. The highest BCUT2D eigenvalue weighted by Gasteiger charge is 2.24. The van der Waals surface area contributed by atoms with Gasteiger partial charge in [0.05, 0.1) is 26.3 Å². The third kappa shape index (κ3) is 5.87. The van der Waals surface area contributed by atoms with Crippen molar-refractivity contribution in [3.05, 3.63) is 107 Å². The fourth-order valence-corrected chi connectivity index (χ4v) is 3.55. The zero-order valence-corrected chi connectivity index (χ0v) is 17.6. The van der Waals surface area contributed by atoms with Crippen LogP contribution in [0, 0.1) is 0 Å². The highest BCUT2D eigenvalue weighted by atomic mass is 16.5. The zero-order chi connectivity index (χ0) is 21.3. The van der Waals surface area contributed by atoms with Crippen molar-refractivity contribution < 1.29 is 9.53 Å². The number of hydrazine groups is 1. The summed E-state index contributed by atoms with van der Waals surface area (Å²) < 4.78 is 5.48. The number of rotatable bonds is 7. The van der Waals surface area contributed by atoms with Crippen LogP contribution < -0.4 is 0 Å². The van der Waals surface area contributed by atoms with E-state index in [2.05, 4.69) is 22.1 Å². The zero-order valence-electron chi connectivity index (χ0n) is 17.6. The van der Waals surface area contributed by atoms with Crippen LogP contribution in [-0.2, 0) is 17.8 Å². The molecule has 0 spiro atoms. The molecule has 31 heavy (non-hydrogen) atoms. The summed E-state index contributed by atoms with van der Waals surface area (Å²) >= 11 is 0. The van der Waals surface area contributed by atoms with Gasteiger partial charge in [-0.15, -0.1) is 0 Å². The molecule has 0 radical (unpaired) electrons. The molecule has 0 aliphatic carbocycles. The summed E-state index contributed by atoms with van der Waals surface area (Å²) in [6.07, 6.45) is 1.85. The molecule has 0 N–H and O–H groups in total. The van der Waals surface area contributed by atoms with Crippen LogP contribution in [0.4, 0.5) is 0 Å². The number of morpholine rings is 1. The maximum atomic E-state index is 13.4. The molecule has 0 unspecified atom stereocenters. The molecule has 1 heterocycles. The average molecular weight is 414 g/mol. The molecule has 5 nitrogen and oxygen atoms in total. The van der Waals surface area contributed by atoms with Gasteiger partial charge in [0.1, 0.15) is 0 Å². The van der Waals surface area contributed by atoms with Gasteiger partial charge < -0.3 is 4.74 Å². The Morgan fingerprint density at radius 1 is 0.871 bits per heavy atom. The second-order valence-corrected chi connectivity index (χ2v) is 7.49. The van der Waals surface area contributed by atoms with E-state index in [0.29, 0.717) is 45.0 Å². The topological polar surface area (TPSA) is 45.1 Å². The molecule has 4 rings (SSSR count). The summed E-state index contributed by atoms with van der Waals surface area (Å²) in [6.45, 7) is 3.87. The molecular weight excluding hydrogens is 386 g/mol. The maximum Gasteiger partial charge on any atom is 0.268 e. The molecule has 1 fully saturated rings. The Morgan fingerprint density at radius 3 is 2.13 bits per heavy atom. The third-order valence-electron chi connectivity index (χ3n) is 5.25. The van der Waals surface area contributed by atoms with Crippen LogP contribution in [0.2, 0.25) is 0 Å². The standard InChI is InChI=1S/C26H27N3O2/c30-26(29(28-15-17-31-18-16-28)21-24-9-5-2-6-10-24)25-13-11-23(12-14-25)20-27-19-22-7-3-1-4-8-22/h1-14,20H,15-19,21H2/b27-20+. The number of carbonyl (C=O) groups is 1. The Hall–Kier alpha value is -3.28. The Labute approximate surface area is 183 Å². The summed E-state index contributed by atoms with van der Waals surface area (Å²) in [4.78, 5) is 17.9. The second kappa shape index (κ2) is 10.7. The van der Waals surface area contributed by atoms with Gasteiger partial charge in [0.15, 0.2) is 0 Å². The van der Waals surface area contributed by atoms with Crippen molar-refractivity contribution in [3.63, 3.8) is 0 Å². The molecule has 3 aromatic rings. The maximum absolute atomic E-state index is 13.4. The number of hydrogen-bond acceptors (Lipinski definition) is 4. The van der Waals surface area contributed by atoms with Crippen LogP contribution in [0.1, 0.15) is 27.0 Å². The van der Waals surface area contributed by atoms with E-state index in [1.54, 1.807) is 0 Å². The van der Waals surface area contributed by atoms with Gasteiger partial charge in [0, 0.05) is 24.9 Å². The predicted molar refractivity (Wildman–Crippen MR) is 123 cm³/mol. The Bertz CT molecular complexity index is 982. The highest BCUT2D eigenvalue weighted by Crippen LogP contribution is 2.15. The highest BCUT2D eigenvalue weighted by molar-refractivity contribution is 5.94. The minimum Gasteiger partial charge on any atom is -0.379 e. The van der Waals surface area contributed by atoms with Crippen molar-refractivity contribution in [3.8, 4) is 0 Å². The monoisotopic (exact) mass is 413 g/mol. The fraction of sp³-hybridized carbons (Fsp3) is 0.231. The Balaban J connectivity index is 1.45. The molecule has 0 atom stereocenters. The van der Waals surface area contributed by atoms with Crippen molar-refractivity contribution in [2.75, 3.05) is 26.3 Å². The first kappa shape index (κ1) is 21.0. The summed E-state index contributed by atoms with van der Waals surface area (Å²) in [6, 6.07) is 27.9. The lowest BCUT2D eigenvalue weighted by Crippen LogP contribution is -2.51. The Morgan fingerprint density at radius 2 is 1.48 bits per heavy atom. The van der Waals surface area contributed by atoms with Crippen LogP contribution in [0.3, 0.4) is 0 Å². The molecule has 3 aromatic carbocycles. The van der Waals surface area contributed by atoms with Gasteiger partial charge in [-0.1, -0.05) is 72.8 Å². The summed E-state index contributed by atoms with van der Waals surface area (Å²) in [5.74, 6) is -0.00136. The first-order valence-corrected chi connectivity index (χ1v) is 10.6. The molecule has 1 amide bonds. The molecule has 0 bridgehead atoms. The van der Waals surface area contributed by atoms with E-state index in [1.807, 2.05) is 84.0 Å². The lowest BCUT2D eigenvalue weighted by Gasteiger charge is -2.37. The van der Waals surface area contributed by atoms with Crippen LogP contribution >= 0.6 is 0 Å². The molecule has 5 heteroatoms.